The van der Waals surface area contributed by atoms with Crippen molar-refractivity contribution in [3.63, 3.8) is 0 Å². The van der Waals surface area contributed by atoms with Crippen molar-refractivity contribution in [2.75, 3.05) is 20.8 Å². The Morgan fingerprint density at radius 3 is 2.48 bits per heavy atom. The molecule has 7 heteroatoms. The zero-order valence-electron chi connectivity index (χ0n) is 16.9. The molecule has 1 aromatic heterocycles. The zero-order valence-corrected chi connectivity index (χ0v) is 17.7. The fourth-order valence-electron chi connectivity index (χ4n) is 2.77. The molecule has 0 spiro atoms. The molecule has 0 atom stereocenters. The number of carbonyl (C=O) groups is 1. The van der Waals surface area contributed by atoms with Crippen LogP contribution in [-0.4, -0.2) is 31.8 Å². The number of benzene rings is 2. The lowest BCUT2D eigenvalue weighted by atomic mass is 10.1. The highest BCUT2D eigenvalue weighted by Gasteiger charge is 2.12. The van der Waals surface area contributed by atoms with Gasteiger partial charge in [0.05, 0.1) is 19.9 Å². The Bertz CT molecular complexity index is 999. The van der Waals surface area contributed by atoms with Gasteiger partial charge in [-0.25, -0.2) is 9.78 Å². The minimum atomic E-state index is -0.439. The number of aryl methyl sites for hydroxylation is 2. The molecule has 0 aliphatic rings. The zero-order chi connectivity index (χ0) is 20.8. The Morgan fingerprint density at radius 1 is 1.00 bits per heavy atom. The van der Waals surface area contributed by atoms with E-state index in [1.54, 1.807) is 14.2 Å². The lowest BCUT2D eigenvalue weighted by molar-refractivity contribution is -0.147. The molecule has 3 rings (SSSR count). The van der Waals surface area contributed by atoms with Crippen LogP contribution in [0.1, 0.15) is 16.8 Å². The lowest BCUT2D eigenvalue weighted by Crippen LogP contribution is -2.15. The molecule has 0 aliphatic heterocycles. The first-order valence-corrected chi connectivity index (χ1v) is 9.90. The number of rotatable bonds is 8. The van der Waals surface area contributed by atoms with Gasteiger partial charge >= 0.3 is 5.97 Å². The van der Waals surface area contributed by atoms with E-state index >= 15 is 0 Å². The first-order chi connectivity index (χ1) is 14.0. The number of methoxy groups -OCH3 is 2. The van der Waals surface area contributed by atoms with E-state index in [0.29, 0.717) is 22.9 Å². The predicted molar refractivity (Wildman–Crippen MR) is 112 cm³/mol. The first-order valence-electron chi connectivity index (χ1n) is 9.02. The van der Waals surface area contributed by atoms with Gasteiger partial charge in [0.25, 0.3) is 0 Å². The van der Waals surface area contributed by atoms with Crippen LogP contribution in [0.3, 0.4) is 0 Å². The highest BCUT2D eigenvalue weighted by Crippen LogP contribution is 2.33. The third kappa shape index (κ3) is 5.26. The van der Waals surface area contributed by atoms with E-state index in [4.69, 9.17) is 18.9 Å². The number of aromatic nitrogens is 1. The minimum absolute atomic E-state index is 0.0961. The summed E-state index contributed by atoms with van der Waals surface area (Å²) in [6.07, 6.45) is 0. The molecule has 0 unspecified atom stereocenters. The quantitative estimate of drug-likeness (QED) is 0.504. The Balaban J connectivity index is 1.55. The van der Waals surface area contributed by atoms with E-state index in [0.717, 1.165) is 21.7 Å². The van der Waals surface area contributed by atoms with E-state index in [9.17, 15) is 4.79 Å². The Morgan fingerprint density at radius 2 is 1.76 bits per heavy atom. The molecule has 0 amide bonds. The van der Waals surface area contributed by atoms with Crippen molar-refractivity contribution in [2.24, 2.45) is 0 Å². The molecule has 29 heavy (non-hydrogen) atoms. The van der Waals surface area contributed by atoms with Crippen molar-refractivity contribution in [3.05, 3.63) is 58.6 Å². The van der Waals surface area contributed by atoms with Crippen LogP contribution in [0.2, 0.25) is 0 Å². The second kappa shape index (κ2) is 9.43. The van der Waals surface area contributed by atoms with Gasteiger partial charge in [-0.1, -0.05) is 17.7 Å². The van der Waals surface area contributed by atoms with Crippen molar-refractivity contribution < 1.29 is 23.7 Å². The van der Waals surface area contributed by atoms with Crippen molar-refractivity contribution in [1.82, 2.24) is 4.98 Å². The van der Waals surface area contributed by atoms with Gasteiger partial charge < -0.3 is 18.9 Å². The molecule has 3 aromatic rings. The predicted octanol–water partition coefficient (Wildman–Crippen LogP) is 4.57. The van der Waals surface area contributed by atoms with Gasteiger partial charge in [-0.3, -0.25) is 0 Å². The average molecular weight is 413 g/mol. The second-order valence-corrected chi connectivity index (χ2v) is 7.29. The molecule has 0 radical (unpaired) electrons. The summed E-state index contributed by atoms with van der Waals surface area (Å²) >= 11 is 1.47. The summed E-state index contributed by atoms with van der Waals surface area (Å²) in [7, 11) is 3.19. The van der Waals surface area contributed by atoms with Gasteiger partial charge in [0.2, 0.25) is 0 Å². The summed E-state index contributed by atoms with van der Waals surface area (Å²) in [5.74, 6) is 1.53. The van der Waals surface area contributed by atoms with E-state index in [1.165, 1.54) is 11.3 Å². The number of carbonyl (C=O) groups excluding carboxylic acids is 1. The normalized spacial score (nSPS) is 10.5. The molecular formula is C22H23NO5S. The van der Waals surface area contributed by atoms with Crippen molar-refractivity contribution in [3.8, 4) is 27.8 Å². The van der Waals surface area contributed by atoms with Gasteiger partial charge in [0.1, 0.15) is 17.4 Å². The Kier molecular flexibility index (Phi) is 6.72. The van der Waals surface area contributed by atoms with Crippen molar-refractivity contribution in [1.29, 1.82) is 0 Å². The Labute approximate surface area is 174 Å². The van der Waals surface area contributed by atoms with Crippen LogP contribution < -0.4 is 14.2 Å². The molecule has 1 heterocycles. The molecule has 2 aromatic carbocycles. The molecule has 0 fully saturated rings. The lowest BCUT2D eigenvalue weighted by Gasteiger charge is -2.09. The van der Waals surface area contributed by atoms with E-state index in [-0.39, 0.29) is 13.2 Å². The maximum absolute atomic E-state index is 12.0. The minimum Gasteiger partial charge on any atom is -0.493 e. The van der Waals surface area contributed by atoms with E-state index < -0.39 is 5.97 Å². The van der Waals surface area contributed by atoms with Crippen LogP contribution in [0.15, 0.2) is 41.8 Å². The SMILES string of the molecule is COc1ccc(-c2nc(COC(=O)COc3ccc(C)cc3C)cs2)cc1OC. The standard InChI is InChI=1S/C22H23NO5S/c1-14-5-7-18(15(2)9-14)27-12-21(24)28-11-17-13-29-22(23-17)16-6-8-19(25-3)20(10-16)26-4/h5-10,13H,11-12H2,1-4H3. The summed E-state index contributed by atoms with van der Waals surface area (Å²) < 4.78 is 21.4. The fraction of sp³-hybridized carbons (Fsp3) is 0.273. The molecule has 0 aliphatic carbocycles. The number of thiazole rings is 1. The second-order valence-electron chi connectivity index (χ2n) is 6.43. The van der Waals surface area contributed by atoms with Gasteiger partial charge in [-0.05, 0) is 43.7 Å². The third-order valence-electron chi connectivity index (χ3n) is 4.24. The highest BCUT2D eigenvalue weighted by atomic mass is 32.1. The maximum atomic E-state index is 12.0. The monoisotopic (exact) mass is 413 g/mol. The molecule has 0 saturated heterocycles. The van der Waals surface area contributed by atoms with Crippen LogP contribution in [0.4, 0.5) is 0 Å². The average Bonchev–Trinajstić information content (AvgIpc) is 3.20. The van der Waals surface area contributed by atoms with Gasteiger partial charge in [0, 0.05) is 10.9 Å². The molecule has 0 bridgehead atoms. The molecule has 152 valence electrons. The van der Waals surface area contributed by atoms with Crippen molar-refractivity contribution in [2.45, 2.75) is 20.5 Å². The number of nitrogens with zero attached hydrogens (tertiary/aromatic N) is 1. The van der Waals surface area contributed by atoms with Crippen LogP contribution in [-0.2, 0) is 16.1 Å². The van der Waals surface area contributed by atoms with E-state index in [2.05, 4.69) is 4.98 Å². The topological polar surface area (TPSA) is 66.9 Å². The highest BCUT2D eigenvalue weighted by molar-refractivity contribution is 7.13. The fourth-order valence-corrected chi connectivity index (χ4v) is 3.57. The van der Waals surface area contributed by atoms with Crippen LogP contribution in [0, 0.1) is 13.8 Å². The molecule has 0 saturated carbocycles. The van der Waals surface area contributed by atoms with Gasteiger partial charge in [-0.2, -0.15) is 0 Å². The molecular weight excluding hydrogens is 390 g/mol. The van der Waals surface area contributed by atoms with Crippen molar-refractivity contribution >= 4 is 17.3 Å². The number of hydrogen-bond acceptors (Lipinski definition) is 7. The maximum Gasteiger partial charge on any atom is 0.344 e. The van der Waals surface area contributed by atoms with Gasteiger partial charge in [0.15, 0.2) is 18.1 Å². The Hall–Kier alpha value is -3.06. The summed E-state index contributed by atoms with van der Waals surface area (Å²) in [5, 5.41) is 2.67. The largest absolute Gasteiger partial charge is 0.493 e. The van der Waals surface area contributed by atoms with E-state index in [1.807, 2.05) is 55.6 Å². The molecule has 6 nitrogen and oxygen atoms in total. The number of esters is 1. The third-order valence-corrected chi connectivity index (χ3v) is 5.18. The number of hydrogen-bond donors (Lipinski definition) is 0. The van der Waals surface area contributed by atoms with Crippen LogP contribution in [0.25, 0.3) is 10.6 Å². The number of ether oxygens (including phenoxy) is 4. The summed E-state index contributed by atoms with van der Waals surface area (Å²) in [4.78, 5) is 16.5. The van der Waals surface area contributed by atoms with Gasteiger partial charge in [-0.15, -0.1) is 11.3 Å². The smallest absolute Gasteiger partial charge is 0.344 e. The summed E-state index contributed by atoms with van der Waals surface area (Å²) in [6.45, 7) is 3.91. The molecule has 0 N–H and O–H groups in total. The summed E-state index contributed by atoms with van der Waals surface area (Å²) in [5.41, 5.74) is 3.71. The van der Waals surface area contributed by atoms with Crippen LogP contribution >= 0.6 is 11.3 Å². The van der Waals surface area contributed by atoms with Crippen LogP contribution in [0.5, 0.6) is 17.2 Å². The summed E-state index contributed by atoms with van der Waals surface area (Å²) in [6, 6.07) is 11.4. The first kappa shape index (κ1) is 20.7.